The number of nitrogens with zero attached hydrogens (tertiary/aromatic N) is 1. The first-order valence-corrected chi connectivity index (χ1v) is 5.55. The number of aliphatic hydroxyl groups is 1. The molecule has 98 valence electrons. The Bertz CT molecular complexity index is 433. The Morgan fingerprint density at radius 1 is 1.50 bits per heavy atom. The molecule has 1 N–H and O–H groups in total. The van der Waals surface area contributed by atoms with Crippen LogP contribution in [0.1, 0.15) is 10.4 Å². The Kier molecular flexibility index (Phi) is 3.76. The first-order chi connectivity index (χ1) is 8.60. The Morgan fingerprint density at radius 2 is 2.22 bits per heavy atom. The zero-order chi connectivity index (χ0) is 13.1. The predicted molar refractivity (Wildman–Crippen MR) is 59.6 cm³/mol. The third-order valence-corrected chi connectivity index (χ3v) is 2.81. The van der Waals surface area contributed by atoms with Gasteiger partial charge >= 0.3 is 6.61 Å². The number of hydrogen-bond acceptors (Lipinski definition) is 3. The van der Waals surface area contributed by atoms with E-state index in [2.05, 4.69) is 4.74 Å². The maximum Gasteiger partial charge on any atom is 0.387 e. The van der Waals surface area contributed by atoms with Gasteiger partial charge in [-0.25, -0.2) is 0 Å². The van der Waals surface area contributed by atoms with Gasteiger partial charge in [-0.15, -0.1) is 0 Å². The van der Waals surface area contributed by atoms with Crippen molar-refractivity contribution in [1.82, 2.24) is 4.90 Å². The van der Waals surface area contributed by atoms with Crippen LogP contribution in [0.15, 0.2) is 24.3 Å². The standard InChI is InChI=1S/C12H13F2NO3/c13-12(14)18-10-3-1-2-9(4-10)11(17)15-5-8(6-15)7-16/h1-4,8,12,16H,5-7H2. The molecule has 0 bridgehead atoms. The number of rotatable bonds is 4. The minimum atomic E-state index is -2.90. The van der Waals surface area contributed by atoms with E-state index in [1.165, 1.54) is 18.2 Å². The van der Waals surface area contributed by atoms with E-state index < -0.39 is 6.61 Å². The van der Waals surface area contributed by atoms with Crippen LogP contribution in [0.25, 0.3) is 0 Å². The number of likely N-dealkylation sites (tertiary alicyclic amines) is 1. The summed E-state index contributed by atoms with van der Waals surface area (Å²) in [4.78, 5) is 13.5. The molecule has 0 spiro atoms. The summed E-state index contributed by atoms with van der Waals surface area (Å²) in [5, 5.41) is 8.86. The van der Waals surface area contributed by atoms with Crippen molar-refractivity contribution < 1.29 is 23.4 Å². The summed E-state index contributed by atoms with van der Waals surface area (Å²) < 4.78 is 28.3. The van der Waals surface area contributed by atoms with Gasteiger partial charge in [0.2, 0.25) is 0 Å². The highest BCUT2D eigenvalue weighted by molar-refractivity contribution is 5.95. The molecule has 0 radical (unpaired) electrons. The number of amides is 1. The highest BCUT2D eigenvalue weighted by Crippen LogP contribution is 2.21. The molecular weight excluding hydrogens is 244 g/mol. The molecule has 0 unspecified atom stereocenters. The van der Waals surface area contributed by atoms with Crippen LogP contribution in [0.2, 0.25) is 0 Å². The summed E-state index contributed by atoms with van der Waals surface area (Å²) in [6.07, 6.45) is 0. The van der Waals surface area contributed by atoms with Crippen LogP contribution in [0, 0.1) is 5.92 Å². The average Bonchev–Trinajstić information content (AvgIpc) is 2.27. The Morgan fingerprint density at radius 3 is 2.83 bits per heavy atom. The van der Waals surface area contributed by atoms with Gasteiger partial charge in [-0.2, -0.15) is 8.78 Å². The van der Waals surface area contributed by atoms with E-state index in [0.29, 0.717) is 18.7 Å². The number of alkyl halides is 2. The summed E-state index contributed by atoms with van der Waals surface area (Å²) in [5.41, 5.74) is 0.310. The lowest BCUT2D eigenvalue weighted by Gasteiger charge is -2.38. The third-order valence-electron chi connectivity index (χ3n) is 2.81. The molecular formula is C12H13F2NO3. The molecule has 4 nitrogen and oxygen atoms in total. The molecule has 6 heteroatoms. The van der Waals surface area contributed by atoms with Gasteiger partial charge in [-0.1, -0.05) is 6.07 Å². The quantitative estimate of drug-likeness (QED) is 0.885. The third kappa shape index (κ3) is 2.76. The van der Waals surface area contributed by atoms with E-state index in [4.69, 9.17) is 5.11 Å². The molecule has 1 amide bonds. The molecule has 0 aliphatic carbocycles. The van der Waals surface area contributed by atoms with Gasteiger partial charge in [0.15, 0.2) is 0 Å². The number of hydrogen-bond donors (Lipinski definition) is 1. The molecule has 0 saturated carbocycles. The molecule has 2 rings (SSSR count). The molecule has 1 aliphatic heterocycles. The first-order valence-electron chi connectivity index (χ1n) is 5.55. The number of halogens is 2. The molecule has 1 fully saturated rings. The largest absolute Gasteiger partial charge is 0.435 e. The van der Waals surface area contributed by atoms with Crippen molar-refractivity contribution in [3.8, 4) is 5.75 Å². The lowest BCUT2D eigenvalue weighted by atomic mass is 10.00. The van der Waals surface area contributed by atoms with Gasteiger partial charge in [0.05, 0.1) is 0 Å². The Labute approximate surface area is 103 Å². The summed E-state index contributed by atoms with van der Waals surface area (Å²) in [5.74, 6) is -0.149. The van der Waals surface area contributed by atoms with Gasteiger partial charge in [0.25, 0.3) is 5.91 Å². The smallest absolute Gasteiger partial charge is 0.387 e. The molecule has 1 heterocycles. The number of carbonyl (C=O) groups is 1. The van der Waals surface area contributed by atoms with Crippen LogP contribution in [-0.2, 0) is 0 Å². The van der Waals surface area contributed by atoms with Gasteiger partial charge in [0.1, 0.15) is 5.75 Å². The van der Waals surface area contributed by atoms with Crippen molar-refractivity contribution in [2.45, 2.75) is 6.61 Å². The topological polar surface area (TPSA) is 49.8 Å². The highest BCUT2D eigenvalue weighted by atomic mass is 19.3. The number of benzene rings is 1. The molecule has 1 aromatic carbocycles. The second kappa shape index (κ2) is 5.30. The lowest BCUT2D eigenvalue weighted by Crippen LogP contribution is -2.51. The van der Waals surface area contributed by atoms with Crippen LogP contribution in [0.3, 0.4) is 0 Å². The molecule has 0 aromatic heterocycles. The van der Waals surface area contributed by atoms with Gasteiger partial charge in [0, 0.05) is 31.2 Å². The predicted octanol–water partition coefficient (Wildman–Crippen LogP) is 1.35. The Balaban J connectivity index is 2.02. The van der Waals surface area contributed by atoms with Crippen molar-refractivity contribution >= 4 is 5.91 Å². The zero-order valence-corrected chi connectivity index (χ0v) is 9.55. The first kappa shape index (κ1) is 12.8. The Hall–Kier alpha value is -1.69. The average molecular weight is 257 g/mol. The fourth-order valence-corrected chi connectivity index (χ4v) is 1.84. The van der Waals surface area contributed by atoms with Crippen LogP contribution >= 0.6 is 0 Å². The number of carbonyl (C=O) groups excluding carboxylic acids is 1. The van der Waals surface area contributed by atoms with Crippen molar-refractivity contribution in [2.75, 3.05) is 19.7 Å². The lowest BCUT2D eigenvalue weighted by molar-refractivity contribution is -0.0499. The van der Waals surface area contributed by atoms with E-state index in [-0.39, 0.29) is 24.2 Å². The summed E-state index contributed by atoms with van der Waals surface area (Å²) in [6, 6.07) is 5.71. The SMILES string of the molecule is O=C(c1cccc(OC(F)F)c1)N1CC(CO)C1. The fraction of sp³-hybridized carbons (Fsp3) is 0.417. The molecule has 1 saturated heterocycles. The molecule has 1 aliphatic rings. The van der Waals surface area contributed by atoms with Crippen molar-refractivity contribution in [2.24, 2.45) is 5.92 Å². The maximum absolute atomic E-state index is 12.0. The minimum absolute atomic E-state index is 0.0323. The van der Waals surface area contributed by atoms with E-state index in [0.717, 1.165) is 0 Å². The fourth-order valence-electron chi connectivity index (χ4n) is 1.84. The van der Waals surface area contributed by atoms with E-state index >= 15 is 0 Å². The summed E-state index contributed by atoms with van der Waals surface area (Å²) in [7, 11) is 0. The van der Waals surface area contributed by atoms with Crippen molar-refractivity contribution in [3.63, 3.8) is 0 Å². The number of aliphatic hydroxyl groups excluding tert-OH is 1. The van der Waals surface area contributed by atoms with E-state index in [9.17, 15) is 13.6 Å². The van der Waals surface area contributed by atoms with Crippen LogP contribution in [-0.4, -0.2) is 42.2 Å². The van der Waals surface area contributed by atoms with Crippen LogP contribution in [0.5, 0.6) is 5.75 Å². The molecule has 1 aromatic rings. The van der Waals surface area contributed by atoms with E-state index in [1.807, 2.05) is 0 Å². The van der Waals surface area contributed by atoms with Gasteiger partial charge < -0.3 is 14.7 Å². The number of ether oxygens (including phenoxy) is 1. The monoisotopic (exact) mass is 257 g/mol. The maximum atomic E-state index is 12.0. The van der Waals surface area contributed by atoms with Gasteiger partial charge in [-0.05, 0) is 18.2 Å². The summed E-state index contributed by atoms with van der Waals surface area (Å²) >= 11 is 0. The molecule has 18 heavy (non-hydrogen) atoms. The van der Waals surface area contributed by atoms with Gasteiger partial charge in [-0.3, -0.25) is 4.79 Å². The second-order valence-corrected chi connectivity index (χ2v) is 4.17. The highest BCUT2D eigenvalue weighted by Gasteiger charge is 2.30. The minimum Gasteiger partial charge on any atom is -0.435 e. The zero-order valence-electron chi connectivity index (χ0n) is 9.55. The van der Waals surface area contributed by atoms with E-state index in [1.54, 1.807) is 11.0 Å². The second-order valence-electron chi connectivity index (χ2n) is 4.17. The summed E-state index contributed by atoms with van der Waals surface area (Å²) in [6.45, 7) is -1.86. The van der Waals surface area contributed by atoms with Crippen LogP contribution in [0.4, 0.5) is 8.78 Å². The van der Waals surface area contributed by atoms with Crippen LogP contribution < -0.4 is 4.74 Å². The molecule has 0 atom stereocenters. The van der Waals surface area contributed by atoms with Crippen molar-refractivity contribution in [1.29, 1.82) is 0 Å². The van der Waals surface area contributed by atoms with Crippen molar-refractivity contribution in [3.05, 3.63) is 29.8 Å². The normalized spacial score (nSPS) is 15.7.